The molecule has 0 spiro atoms. The van der Waals surface area contributed by atoms with Crippen molar-refractivity contribution in [2.24, 2.45) is 0 Å². The van der Waals surface area contributed by atoms with Crippen molar-refractivity contribution in [3.05, 3.63) is 23.7 Å². The summed E-state index contributed by atoms with van der Waals surface area (Å²) in [6.45, 7) is 0.778. The van der Waals surface area contributed by atoms with Crippen LogP contribution >= 0.6 is 0 Å². The van der Waals surface area contributed by atoms with Gasteiger partial charge in [-0.2, -0.15) is 5.26 Å². The van der Waals surface area contributed by atoms with Gasteiger partial charge in [-0.15, -0.1) is 0 Å². The number of rotatable bonds is 4. The van der Waals surface area contributed by atoms with Gasteiger partial charge in [-0.25, -0.2) is 4.79 Å². The molecule has 0 bridgehead atoms. The fourth-order valence-corrected chi connectivity index (χ4v) is 1.20. The van der Waals surface area contributed by atoms with Gasteiger partial charge in [-0.05, 0) is 13.1 Å². The predicted octanol–water partition coefficient (Wildman–Crippen LogP) is 1.02. The molecule has 0 radical (unpaired) electrons. The topological polar surface area (TPSA) is 66.5 Å². The number of carbonyl (C=O) groups excluding carboxylic acids is 1. The molecule has 0 amide bonds. The standard InChI is InChI=1S/C10H12N2O3/c1-12(5-4-11)7-8-3-6-15-9(8)10(13)14-2/h3,6H,5,7H2,1-2H3. The quantitative estimate of drug-likeness (QED) is 0.546. The minimum Gasteiger partial charge on any atom is -0.463 e. The van der Waals surface area contributed by atoms with Crippen LogP contribution < -0.4 is 0 Å². The molecule has 0 unspecified atom stereocenters. The van der Waals surface area contributed by atoms with Crippen molar-refractivity contribution in [2.75, 3.05) is 20.7 Å². The average molecular weight is 208 g/mol. The summed E-state index contributed by atoms with van der Waals surface area (Å²) in [4.78, 5) is 13.0. The van der Waals surface area contributed by atoms with E-state index in [1.807, 2.05) is 6.07 Å². The van der Waals surface area contributed by atoms with Gasteiger partial charge in [0.15, 0.2) is 0 Å². The molecule has 0 aliphatic heterocycles. The van der Waals surface area contributed by atoms with E-state index in [2.05, 4.69) is 4.74 Å². The molecule has 0 aromatic carbocycles. The Kier molecular flexibility index (Phi) is 3.89. The number of nitrogens with zero attached hydrogens (tertiary/aromatic N) is 2. The second-order valence-corrected chi connectivity index (χ2v) is 3.10. The van der Waals surface area contributed by atoms with Crippen LogP contribution in [0.5, 0.6) is 0 Å². The van der Waals surface area contributed by atoms with E-state index in [1.54, 1.807) is 18.0 Å². The second-order valence-electron chi connectivity index (χ2n) is 3.10. The molecule has 1 heterocycles. The Labute approximate surface area is 87.8 Å². The maximum absolute atomic E-state index is 11.2. The molecule has 5 heteroatoms. The van der Waals surface area contributed by atoms with Gasteiger partial charge in [0.1, 0.15) is 0 Å². The van der Waals surface area contributed by atoms with Gasteiger partial charge < -0.3 is 9.15 Å². The fourth-order valence-electron chi connectivity index (χ4n) is 1.20. The number of esters is 1. The lowest BCUT2D eigenvalue weighted by molar-refractivity contribution is 0.0562. The van der Waals surface area contributed by atoms with Crippen LogP contribution in [0.3, 0.4) is 0 Å². The van der Waals surface area contributed by atoms with Crippen molar-refractivity contribution in [2.45, 2.75) is 6.54 Å². The van der Waals surface area contributed by atoms with Gasteiger partial charge in [0, 0.05) is 12.1 Å². The van der Waals surface area contributed by atoms with Gasteiger partial charge in [-0.1, -0.05) is 0 Å². The van der Waals surface area contributed by atoms with E-state index in [4.69, 9.17) is 9.68 Å². The van der Waals surface area contributed by atoms with Gasteiger partial charge in [0.2, 0.25) is 5.76 Å². The number of ether oxygens (including phenoxy) is 1. The number of hydrogen-bond acceptors (Lipinski definition) is 5. The molecule has 0 N–H and O–H groups in total. The third-order valence-electron chi connectivity index (χ3n) is 1.90. The molecule has 0 saturated heterocycles. The van der Waals surface area contributed by atoms with Gasteiger partial charge in [0.05, 0.1) is 26.0 Å². The molecule has 15 heavy (non-hydrogen) atoms. The zero-order valence-electron chi connectivity index (χ0n) is 8.69. The van der Waals surface area contributed by atoms with Crippen LogP contribution in [0.4, 0.5) is 0 Å². The van der Waals surface area contributed by atoms with E-state index in [0.717, 1.165) is 5.56 Å². The first-order chi connectivity index (χ1) is 7.19. The van der Waals surface area contributed by atoms with Gasteiger partial charge in [0.25, 0.3) is 0 Å². The molecule has 0 aliphatic rings. The summed E-state index contributed by atoms with van der Waals surface area (Å²) < 4.78 is 9.57. The highest BCUT2D eigenvalue weighted by Crippen LogP contribution is 2.13. The summed E-state index contributed by atoms with van der Waals surface area (Å²) in [6, 6.07) is 3.72. The third-order valence-corrected chi connectivity index (χ3v) is 1.90. The summed E-state index contributed by atoms with van der Waals surface area (Å²) in [5, 5.41) is 8.48. The van der Waals surface area contributed by atoms with E-state index in [9.17, 15) is 4.79 Å². The lowest BCUT2D eigenvalue weighted by Gasteiger charge is -2.11. The highest BCUT2D eigenvalue weighted by atomic mass is 16.5. The fraction of sp³-hybridized carbons (Fsp3) is 0.400. The summed E-state index contributed by atoms with van der Waals surface area (Å²) in [5.74, 6) is -0.303. The summed E-state index contributed by atoms with van der Waals surface area (Å²) in [5.41, 5.74) is 0.722. The normalized spacial score (nSPS) is 10.0. The largest absolute Gasteiger partial charge is 0.463 e. The zero-order valence-corrected chi connectivity index (χ0v) is 8.69. The maximum Gasteiger partial charge on any atom is 0.374 e. The van der Waals surface area contributed by atoms with Crippen LogP contribution in [0.2, 0.25) is 0 Å². The number of nitriles is 1. The zero-order chi connectivity index (χ0) is 11.3. The number of carbonyl (C=O) groups is 1. The SMILES string of the molecule is COC(=O)c1occc1CN(C)CC#N. The average Bonchev–Trinajstić information content (AvgIpc) is 2.65. The van der Waals surface area contributed by atoms with Crippen molar-refractivity contribution in [1.29, 1.82) is 5.26 Å². The van der Waals surface area contributed by atoms with Crippen molar-refractivity contribution in [3.8, 4) is 6.07 Å². The Hall–Kier alpha value is -1.80. The Morgan fingerprint density at radius 3 is 3.07 bits per heavy atom. The van der Waals surface area contributed by atoms with Crippen molar-refractivity contribution < 1.29 is 13.9 Å². The van der Waals surface area contributed by atoms with Crippen LogP contribution in [0.15, 0.2) is 16.7 Å². The maximum atomic E-state index is 11.2. The van der Waals surface area contributed by atoms with E-state index in [0.29, 0.717) is 13.1 Å². The first kappa shape index (κ1) is 11.3. The van der Waals surface area contributed by atoms with Crippen molar-refractivity contribution >= 4 is 5.97 Å². The molecule has 1 rings (SSSR count). The molecule has 0 fully saturated rings. The smallest absolute Gasteiger partial charge is 0.374 e. The minimum absolute atomic E-state index is 0.197. The van der Waals surface area contributed by atoms with Crippen molar-refractivity contribution in [1.82, 2.24) is 4.90 Å². The minimum atomic E-state index is -0.500. The lowest BCUT2D eigenvalue weighted by Crippen LogP contribution is -2.19. The number of methoxy groups -OCH3 is 1. The van der Waals surface area contributed by atoms with Crippen LogP contribution in [-0.4, -0.2) is 31.6 Å². The molecule has 1 aromatic heterocycles. The molecule has 5 nitrogen and oxygen atoms in total. The third kappa shape index (κ3) is 2.82. The summed E-state index contributed by atoms with van der Waals surface area (Å²) >= 11 is 0. The van der Waals surface area contributed by atoms with E-state index < -0.39 is 5.97 Å². The summed E-state index contributed by atoms with van der Waals surface area (Å²) in [6.07, 6.45) is 1.43. The lowest BCUT2D eigenvalue weighted by atomic mass is 10.2. The Balaban J connectivity index is 2.74. The van der Waals surface area contributed by atoms with Crippen LogP contribution in [-0.2, 0) is 11.3 Å². The van der Waals surface area contributed by atoms with E-state index in [1.165, 1.54) is 13.4 Å². The van der Waals surface area contributed by atoms with Crippen LogP contribution in [0.1, 0.15) is 16.1 Å². The van der Waals surface area contributed by atoms with Crippen LogP contribution in [0, 0.1) is 11.3 Å². The molecule has 80 valence electrons. The first-order valence-electron chi connectivity index (χ1n) is 4.39. The van der Waals surface area contributed by atoms with Gasteiger partial charge >= 0.3 is 5.97 Å². The van der Waals surface area contributed by atoms with Crippen LogP contribution in [0.25, 0.3) is 0 Å². The Morgan fingerprint density at radius 2 is 2.47 bits per heavy atom. The predicted molar refractivity (Wildman–Crippen MR) is 52.0 cm³/mol. The Bertz CT molecular complexity index is 378. The molecule has 0 aliphatic carbocycles. The van der Waals surface area contributed by atoms with Gasteiger partial charge in [-0.3, -0.25) is 4.90 Å². The molecule has 0 atom stereocenters. The number of hydrogen-bond donors (Lipinski definition) is 0. The number of furan rings is 1. The second kappa shape index (κ2) is 5.17. The van der Waals surface area contributed by atoms with E-state index in [-0.39, 0.29) is 5.76 Å². The summed E-state index contributed by atoms with van der Waals surface area (Å²) in [7, 11) is 3.09. The van der Waals surface area contributed by atoms with Crippen molar-refractivity contribution in [3.63, 3.8) is 0 Å². The Morgan fingerprint density at radius 1 is 1.73 bits per heavy atom. The first-order valence-corrected chi connectivity index (χ1v) is 4.39. The molecular formula is C10H12N2O3. The highest BCUT2D eigenvalue weighted by molar-refractivity contribution is 5.87. The monoisotopic (exact) mass is 208 g/mol. The molecule has 1 aromatic rings. The highest BCUT2D eigenvalue weighted by Gasteiger charge is 2.16. The van der Waals surface area contributed by atoms with E-state index >= 15 is 0 Å². The molecular weight excluding hydrogens is 196 g/mol. The molecule has 0 saturated carbocycles.